The third kappa shape index (κ3) is 3.23. The van der Waals surface area contributed by atoms with Gasteiger partial charge >= 0.3 is 0 Å². The van der Waals surface area contributed by atoms with E-state index in [2.05, 4.69) is 5.32 Å². The van der Waals surface area contributed by atoms with Crippen molar-refractivity contribution < 1.29 is 14.0 Å². The molecule has 2 aromatic carbocycles. The van der Waals surface area contributed by atoms with Crippen LogP contribution in [0.5, 0.6) is 0 Å². The molecule has 1 aliphatic heterocycles. The van der Waals surface area contributed by atoms with Crippen LogP contribution in [0.3, 0.4) is 0 Å². The number of carbonyl (C=O) groups is 2. The van der Waals surface area contributed by atoms with Crippen LogP contribution < -0.4 is 10.2 Å². The Labute approximate surface area is 133 Å². The van der Waals surface area contributed by atoms with Crippen molar-refractivity contribution in [2.45, 2.75) is 13.3 Å². The SMILES string of the molecule is Cc1ccccc1N1CC(C(=O)Nc2cccc(F)c2)CC1=O. The van der Waals surface area contributed by atoms with Crippen LogP contribution in [0.1, 0.15) is 12.0 Å². The third-order valence-electron chi connectivity index (χ3n) is 3.99. The van der Waals surface area contributed by atoms with Crippen LogP contribution in [-0.4, -0.2) is 18.4 Å². The molecule has 0 radical (unpaired) electrons. The fourth-order valence-corrected chi connectivity index (χ4v) is 2.79. The molecule has 0 spiro atoms. The molecule has 1 N–H and O–H groups in total. The van der Waals surface area contributed by atoms with Crippen LogP contribution in [0, 0.1) is 18.7 Å². The van der Waals surface area contributed by atoms with Crippen molar-refractivity contribution in [2.75, 3.05) is 16.8 Å². The number of halogens is 1. The van der Waals surface area contributed by atoms with E-state index in [1.807, 2.05) is 31.2 Å². The van der Waals surface area contributed by atoms with Crippen molar-refractivity contribution in [3.05, 3.63) is 59.9 Å². The number of benzene rings is 2. The van der Waals surface area contributed by atoms with Gasteiger partial charge in [0.05, 0.1) is 5.92 Å². The van der Waals surface area contributed by atoms with Crippen LogP contribution >= 0.6 is 0 Å². The smallest absolute Gasteiger partial charge is 0.229 e. The predicted molar refractivity (Wildman–Crippen MR) is 86.7 cm³/mol. The molecule has 4 nitrogen and oxygen atoms in total. The summed E-state index contributed by atoms with van der Waals surface area (Å²) in [7, 11) is 0. The summed E-state index contributed by atoms with van der Waals surface area (Å²) in [5.74, 6) is -1.18. The van der Waals surface area contributed by atoms with E-state index in [9.17, 15) is 14.0 Å². The standard InChI is InChI=1S/C18H17FN2O2/c1-12-5-2-3-8-16(12)21-11-13(9-17(21)22)18(23)20-15-7-4-6-14(19)10-15/h2-8,10,13H,9,11H2,1H3,(H,20,23). The maximum Gasteiger partial charge on any atom is 0.229 e. The lowest BCUT2D eigenvalue weighted by atomic mass is 10.1. The van der Waals surface area contributed by atoms with Gasteiger partial charge in [-0.1, -0.05) is 24.3 Å². The molecule has 1 unspecified atom stereocenters. The second-order valence-corrected chi connectivity index (χ2v) is 5.69. The minimum Gasteiger partial charge on any atom is -0.326 e. The first-order valence-corrected chi connectivity index (χ1v) is 7.47. The topological polar surface area (TPSA) is 49.4 Å². The Bertz CT molecular complexity index is 760. The van der Waals surface area contributed by atoms with E-state index in [0.717, 1.165) is 11.3 Å². The number of hydrogen-bond donors (Lipinski definition) is 1. The molecule has 118 valence electrons. The molecule has 1 atom stereocenters. The average molecular weight is 312 g/mol. The van der Waals surface area contributed by atoms with Gasteiger partial charge in [0.15, 0.2) is 0 Å². The first kappa shape index (κ1) is 15.2. The number of hydrogen-bond acceptors (Lipinski definition) is 2. The minimum absolute atomic E-state index is 0.0707. The highest BCUT2D eigenvalue weighted by molar-refractivity contribution is 6.03. The zero-order valence-corrected chi connectivity index (χ0v) is 12.8. The quantitative estimate of drug-likeness (QED) is 0.946. The number of amides is 2. The number of nitrogens with one attached hydrogen (secondary N) is 1. The summed E-state index contributed by atoms with van der Waals surface area (Å²) in [5, 5.41) is 2.67. The predicted octanol–water partition coefficient (Wildman–Crippen LogP) is 3.13. The Balaban J connectivity index is 1.72. The number of nitrogens with zero attached hydrogens (tertiary/aromatic N) is 1. The van der Waals surface area contributed by atoms with Crippen LogP contribution in [0.4, 0.5) is 15.8 Å². The van der Waals surface area contributed by atoms with E-state index in [4.69, 9.17) is 0 Å². The number of rotatable bonds is 3. The van der Waals surface area contributed by atoms with Crippen LogP contribution in [0.15, 0.2) is 48.5 Å². The van der Waals surface area contributed by atoms with Gasteiger partial charge < -0.3 is 10.2 Å². The van der Waals surface area contributed by atoms with Gasteiger partial charge in [-0.25, -0.2) is 4.39 Å². The molecule has 1 saturated heterocycles. The van der Waals surface area contributed by atoms with Gasteiger partial charge in [0.25, 0.3) is 0 Å². The lowest BCUT2D eigenvalue weighted by Gasteiger charge is -2.19. The van der Waals surface area contributed by atoms with E-state index < -0.39 is 11.7 Å². The summed E-state index contributed by atoms with van der Waals surface area (Å²) in [4.78, 5) is 26.2. The Morgan fingerprint density at radius 3 is 2.74 bits per heavy atom. The van der Waals surface area contributed by atoms with E-state index in [1.165, 1.54) is 18.2 Å². The van der Waals surface area contributed by atoms with Crippen LogP contribution in [0.2, 0.25) is 0 Å². The lowest BCUT2D eigenvalue weighted by molar-refractivity contribution is -0.122. The van der Waals surface area contributed by atoms with Gasteiger partial charge in [0.2, 0.25) is 11.8 Å². The largest absolute Gasteiger partial charge is 0.326 e. The molecular formula is C18H17FN2O2. The van der Waals surface area contributed by atoms with Gasteiger partial charge in [-0.2, -0.15) is 0 Å². The average Bonchev–Trinajstić information content (AvgIpc) is 2.90. The van der Waals surface area contributed by atoms with Crippen molar-refractivity contribution >= 4 is 23.2 Å². The summed E-state index contributed by atoms with van der Waals surface area (Å²) < 4.78 is 13.2. The number of aryl methyl sites for hydroxylation is 1. The lowest BCUT2D eigenvalue weighted by Crippen LogP contribution is -2.28. The molecule has 2 aromatic rings. The van der Waals surface area contributed by atoms with Crippen molar-refractivity contribution in [2.24, 2.45) is 5.92 Å². The Morgan fingerprint density at radius 1 is 1.22 bits per heavy atom. The van der Waals surface area contributed by atoms with E-state index in [0.29, 0.717) is 12.2 Å². The van der Waals surface area contributed by atoms with Gasteiger partial charge in [0.1, 0.15) is 5.82 Å². The second-order valence-electron chi connectivity index (χ2n) is 5.69. The summed E-state index contributed by atoms with van der Waals surface area (Å²) in [6, 6.07) is 13.3. The zero-order valence-electron chi connectivity index (χ0n) is 12.8. The van der Waals surface area contributed by atoms with Gasteiger partial charge in [-0.05, 0) is 36.8 Å². The third-order valence-corrected chi connectivity index (χ3v) is 3.99. The van der Waals surface area contributed by atoms with Gasteiger partial charge in [-0.15, -0.1) is 0 Å². The highest BCUT2D eigenvalue weighted by Crippen LogP contribution is 2.28. The maximum absolute atomic E-state index is 13.2. The molecule has 5 heteroatoms. The number of anilines is 2. The first-order valence-electron chi connectivity index (χ1n) is 7.47. The summed E-state index contributed by atoms with van der Waals surface area (Å²) >= 11 is 0. The molecule has 0 aliphatic carbocycles. The molecule has 3 rings (SSSR count). The van der Waals surface area contributed by atoms with Gasteiger partial charge in [-0.3, -0.25) is 9.59 Å². The Kier molecular flexibility index (Phi) is 4.10. The normalized spacial score (nSPS) is 17.4. The number of para-hydroxylation sites is 1. The minimum atomic E-state index is -0.439. The van der Waals surface area contributed by atoms with E-state index >= 15 is 0 Å². The molecule has 1 heterocycles. The Morgan fingerprint density at radius 2 is 2.00 bits per heavy atom. The van der Waals surface area contributed by atoms with E-state index in [1.54, 1.807) is 11.0 Å². The molecule has 1 aliphatic rings. The van der Waals surface area contributed by atoms with Crippen LogP contribution in [-0.2, 0) is 9.59 Å². The monoisotopic (exact) mass is 312 g/mol. The summed E-state index contributed by atoms with van der Waals surface area (Å²) in [5.41, 5.74) is 2.22. The molecule has 0 bridgehead atoms. The second kappa shape index (κ2) is 6.20. The fourth-order valence-electron chi connectivity index (χ4n) is 2.79. The van der Waals surface area contributed by atoms with E-state index in [-0.39, 0.29) is 18.2 Å². The Hall–Kier alpha value is -2.69. The molecular weight excluding hydrogens is 295 g/mol. The van der Waals surface area contributed by atoms with Crippen molar-refractivity contribution in [1.82, 2.24) is 0 Å². The molecule has 2 amide bonds. The molecule has 0 aromatic heterocycles. The summed E-state index contributed by atoms with van der Waals surface area (Å²) in [6.45, 7) is 2.27. The zero-order chi connectivity index (χ0) is 16.4. The van der Waals surface area contributed by atoms with Crippen molar-refractivity contribution in [3.8, 4) is 0 Å². The fraction of sp³-hybridized carbons (Fsp3) is 0.222. The summed E-state index contributed by atoms with van der Waals surface area (Å²) in [6.07, 6.45) is 0.162. The van der Waals surface area contributed by atoms with Crippen molar-refractivity contribution in [1.29, 1.82) is 0 Å². The molecule has 1 fully saturated rings. The molecule has 23 heavy (non-hydrogen) atoms. The highest BCUT2D eigenvalue weighted by atomic mass is 19.1. The molecule has 0 saturated carbocycles. The highest BCUT2D eigenvalue weighted by Gasteiger charge is 2.35. The van der Waals surface area contributed by atoms with Gasteiger partial charge in [0, 0.05) is 24.3 Å². The first-order chi connectivity index (χ1) is 11.0. The number of carbonyl (C=O) groups excluding carboxylic acids is 2. The van der Waals surface area contributed by atoms with Crippen LogP contribution in [0.25, 0.3) is 0 Å². The van der Waals surface area contributed by atoms with Crippen molar-refractivity contribution in [3.63, 3.8) is 0 Å². The maximum atomic E-state index is 13.2.